The number of alkyl halides is 16. The second kappa shape index (κ2) is 10.7. The molecule has 0 heterocycles. The van der Waals surface area contributed by atoms with Crippen LogP contribution < -0.4 is 0 Å². The molecule has 0 aromatic rings. The van der Waals surface area contributed by atoms with E-state index in [2.05, 4.69) is 0 Å². The van der Waals surface area contributed by atoms with Crippen molar-refractivity contribution in [1.29, 1.82) is 0 Å². The third-order valence-corrected chi connectivity index (χ3v) is 2.69. The molecule has 2 N–H and O–H groups in total. The Morgan fingerprint density at radius 1 is 0.562 bits per heavy atom. The first-order valence-corrected chi connectivity index (χ1v) is 6.71. The van der Waals surface area contributed by atoms with Crippen LogP contribution in [0.3, 0.4) is 0 Å². The molecular formula is C11H10F16O4Rh. The predicted molar refractivity (Wildman–Crippen MR) is 62.6 cm³/mol. The maximum absolute atomic E-state index is 13.2. The Bertz CT molecular complexity index is 527. The van der Waals surface area contributed by atoms with Gasteiger partial charge in [0, 0.05) is 33.5 Å². The molecule has 0 rings (SSSR count). The molecule has 0 spiro atoms. The standard InChI is InChI=1S/C10H6F16O3.CH4O.Rh/c1-4(13,14)2(11)28-9(23,24)7(19,20)6(17,18)8(21,22)10(25,26)29-3(12)5(15,16)27;1-2;/h2-3,27H,1H3;2H,1H3;. The van der Waals surface area contributed by atoms with Crippen molar-refractivity contribution < 1.29 is 109 Å². The molecule has 0 aromatic carbocycles. The first kappa shape index (κ1) is 35.9. The van der Waals surface area contributed by atoms with E-state index in [0.717, 1.165) is 7.11 Å². The van der Waals surface area contributed by atoms with Crippen molar-refractivity contribution in [2.75, 3.05) is 7.11 Å². The van der Waals surface area contributed by atoms with Crippen molar-refractivity contribution in [1.82, 2.24) is 0 Å². The van der Waals surface area contributed by atoms with Crippen LogP contribution >= 0.6 is 0 Å². The van der Waals surface area contributed by atoms with Gasteiger partial charge in [-0.1, -0.05) is 0 Å². The zero-order valence-electron chi connectivity index (χ0n) is 14.7. The Morgan fingerprint density at radius 2 is 0.812 bits per heavy atom. The van der Waals surface area contributed by atoms with Crippen LogP contribution in [0.1, 0.15) is 6.92 Å². The molecule has 0 aromatic heterocycles. The van der Waals surface area contributed by atoms with Crippen LogP contribution in [0.4, 0.5) is 70.2 Å². The molecule has 4 nitrogen and oxygen atoms in total. The van der Waals surface area contributed by atoms with Gasteiger partial charge in [-0.15, -0.1) is 0 Å². The van der Waals surface area contributed by atoms with Gasteiger partial charge >= 0.3 is 36.1 Å². The molecule has 2 atom stereocenters. The monoisotopic (exact) mass is 613 g/mol. The second-order valence-corrected chi connectivity index (χ2v) is 5.17. The summed E-state index contributed by atoms with van der Waals surface area (Å²) in [6, 6.07) is 0. The molecular weight excluding hydrogens is 603 g/mol. The van der Waals surface area contributed by atoms with Crippen molar-refractivity contribution in [3.8, 4) is 0 Å². The Balaban J connectivity index is -0.00000272. The quantitative estimate of drug-likeness (QED) is 0.281. The number of hydrogen-bond acceptors (Lipinski definition) is 4. The smallest absolute Gasteiger partial charge is 0.400 e. The van der Waals surface area contributed by atoms with Crippen molar-refractivity contribution >= 4 is 0 Å². The molecule has 32 heavy (non-hydrogen) atoms. The van der Waals surface area contributed by atoms with Crippen LogP contribution in [0.25, 0.3) is 0 Å². The third-order valence-electron chi connectivity index (χ3n) is 2.69. The van der Waals surface area contributed by atoms with E-state index in [4.69, 9.17) is 10.2 Å². The second-order valence-electron chi connectivity index (χ2n) is 5.17. The van der Waals surface area contributed by atoms with Crippen LogP contribution in [0.5, 0.6) is 0 Å². The van der Waals surface area contributed by atoms with Gasteiger partial charge in [-0.25, -0.2) is 17.6 Å². The normalized spacial score (nSPS) is 16.5. The summed E-state index contributed by atoms with van der Waals surface area (Å²) in [5.74, 6) is -29.2. The molecule has 21 heteroatoms. The van der Waals surface area contributed by atoms with Gasteiger partial charge in [0.25, 0.3) is 18.6 Å². The van der Waals surface area contributed by atoms with E-state index in [1.807, 2.05) is 4.74 Å². The number of aliphatic hydroxyl groups is 2. The topological polar surface area (TPSA) is 58.9 Å². The number of hydrogen-bond donors (Lipinski definition) is 2. The van der Waals surface area contributed by atoms with Crippen LogP contribution in [-0.2, 0) is 29.0 Å². The maximum atomic E-state index is 13.2. The van der Waals surface area contributed by atoms with Gasteiger partial charge in [-0.3, -0.25) is 9.47 Å². The van der Waals surface area contributed by atoms with Crippen molar-refractivity contribution in [3.63, 3.8) is 0 Å². The van der Waals surface area contributed by atoms with E-state index in [9.17, 15) is 70.2 Å². The minimum atomic E-state index is -8.14. The van der Waals surface area contributed by atoms with E-state index in [0.29, 0.717) is 0 Å². The predicted octanol–water partition coefficient (Wildman–Crippen LogP) is 4.55. The zero-order valence-corrected chi connectivity index (χ0v) is 16.4. The van der Waals surface area contributed by atoms with Gasteiger partial charge in [-0.2, -0.15) is 52.7 Å². The minimum Gasteiger partial charge on any atom is -0.400 e. The average molecular weight is 613 g/mol. The summed E-state index contributed by atoms with van der Waals surface area (Å²) in [5.41, 5.74) is 0. The number of aliphatic hydroxyl groups excluding tert-OH is 1. The van der Waals surface area contributed by atoms with Gasteiger partial charge in [0.2, 0.25) is 0 Å². The summed E-state index contributed by atoms with van der Waals surface area (Å²) < 4.78 is 208. The summed E-state index contributed by atoms with van der Waals surface area (Å²) in [5, 5.41) is 14.6. The number of rotatable bonds is 10. The molecule has 0 aliphatic carbocycles. The van der Waals surface area contributed by atoms with E-state index in [1.165, 1.54) is 0 Å². The van der Waals surface area contributed by atoms with E-state index >= 15 is 0 Å². The summed E-state index contributed by atoms with van der Waals surface area (Å²) >= 11 is 0. The fourth-order valence-electron chi connectivity index (χ4n) is 1.14. The Labute approximate surface area is 179 Å². The van der Waals surface area contributed by atoms with Gasteiger partial charge in [0.05, 0.1) is 0 Å². The Morgan fingerprint density at radius 3 is 1.03 bits per heavy atom. The van der Waals surface area contributed by atoms with Gasteiger partial charge < -0.3 is 10.2 Å². The van der Waals surface area contributed by atoms with Crippen LogP contribution in [0, 0.1) is 0 Å². The summed E-state index contributed by atoms with van der Waals surface area (Å²) in [6.07, 6.45) is -31.0. The molecule has 0 fully saturated rings. The van der Waals surface area contributed by atoms with Crippen molar-refractivity contribution in [2.24, 2.45) is 0 Å². The third kappa shape index (κ3) is 7.17. The molecule has 199 valence electrons. The SMILES string of the molecule is CC(F)(F)C(F)OC(F)(F)C(F)(F)C(F)(F)C(F)(F)C(F)(F)OC(F)C(O)(F)F.CO.[Rh]. The van der Waals surface area contributed by atoms with E-state index < -0.39 is 61.7 Å². The average Bonchev–Trinajstić information content (AvgIpc) is 2.53. The van der Waals surface area contributed by atoms with E-state index in [-0.39, 0.29) is 19.5 Å². The van der Waals surface area contributed by atoms with Crippen LogP contribution in [0.2, 0.25) is 0 Å². The van der Waals surface area contributed by atoms with Gasteiger partial charge in [0.15, 0.2) is 0 Å². The fraction of sp³-hybridized carbons (Fsp3) is 1.00. The molecule has 0 saturated heterocycles. The van der Waals surface area contributed by atoms with Gasteiger partial charge in [0.1, 0.15) is 0 Å². The Hall–Kier alpha value is -0.657. The molecule has 0 aliphatic heterocycles. The van der Waals surface area contributed by atoms with Crippen LogP contribution in [-0.4, -0.2) is 72.1 Å². The maximum Gasteiger partial charge on any atom is 0.428 e. The summed E-state index contributed by atoms with van der Waals surface area (Å²) in [4.78, 5) is 0. The van der Waals surface area contributed by atoms with Crippen molar-refractivity contribution in [3.05, 3.63) is 0 Å². The van der Waals surface area contributed by atoms with E-state index in [1.54, 1.807) is 4.74 Å². The minimum absolute atomic E-state index is 0. The molecule has 0 saturated carbocycles. The summed E-state index contributed by atoms with van der Waals surface area (Å²) in [6.45, 7) is -0.628. The number of halogens is 16. The number of ether oxygens (including phenoxy) is 2. The van der Waals surface area contributed by atoms with Crippen molar-refractivity contribution in [2.45, 2.75) is 61.7 Å². The first-order valence-electron chi connectivity index (χ1n) is 6.71. The molecule has 0 bridgehead atoms. The molecule has 0 amide bonds. The first-order chi connectivity index (χ1) is 13.3. The zero-order chi connectivity index (χ0) is 26.1. The molecule has 2 unspecified atom stereocenters. The Kier molecular flexibility index (Phi) is 12.0. The van der Waals surface area contributed by atoms with Crippen LogP contribution in [0.15, 0.2) is 0 Å². The fourth-order valence-corrected chi connectivity index (χ4v) is 1.14. The van der Waals surface area contributed by atoms with Gasteiger partial charge in [-0.05, 0) is 0 Å². The largest absolute Gasteiger partial charge is 0.428 e. The molecule has 1 radical (unpaired) electrons. The summed E-state index contributed by atoms with van der Waals surface area (Å²) in [7, 11) is 1.00. The molecule has 0 aliphatic rings.